The number of aromatic nitrogens is 2. The summed E-state index contributed by atoms with van der Waals surface area (Å²) in [5, 5.41) is 0.687. The molecule has 0 aliphatic heterocycles. The Hall–Kier alpha value is -1.75. The zero-order valence-electron chi connectivity index (χ0n) is 14.3. The monoisotopic (exact) mass is 331 g/mol. The lowest BCUT2D eigenvalue weighted by molar-refractivity contribution is 0.832. The van der Waals surface area contributed by atoms with Crippen LogP contribution in [0.2, 0.25) is 0 Å². The Bertz CT molecular complexity index is 690. The summed E-state index contributed by atoms with van der Waals surface area (Å²) in [4.78, 5) is 22.0. The van der Waals surface area contributed by atoms with Crippen LogP contribution in [0.3, 0.4) is 0 Å². The number of aromatic amines is 1. The van der Waals surface area contributed by atoms with Crippen LogP contribution in [0.15, 0.2) is 34.2 Å². The number of rotatable bonds is 7. The third-order valence-corrected chi connectivity index (χ3v) is 4.63. The molecular weight excluding hydrogens is 306 g/mol. The molecule has 0 bridgehead atoms. The Morgan fingerprint density at radius 1 is 1.13 bits per heavy atom. The van der Waals surface area contributed by atoms with E-state index in [1.54, 1.807) is 0 Å². The van der Waals surface area contributed by atoms with Gasteiger partial charge in [0.05, 0.1) is 5.69 Å². The van der Waals surface area contributed by atoms with Crippen LogP contribution in [0.25, 0.3) is 0 Å². The molecule has 124 valence electrons. The van der Waals surface area contributed by atoms with Crippen LogP contribution in [0, 0.1) is 0 Å². The van der Waals surface area contributed by atoms with Crippen molar-refractivity contribution in [3.63, 3.8) is 0 Å². The van der Waals surface area contributed by atoms with Gasteiger partial charge in [0, 0.05) is 30.8 Å². The van der Waals surface area contributed by atoms with Crippen molar-refractivity contribution in [1.82, 2.24) is 9.97 Å². The van der Waals surface area contributed by atoms with E-state index in [1.165, 1.54) is 17.4 Å². The van der Waals surface area contributed by atoms with Gasteiger partial charge in [-0.15, -0.1) is 0 Å². The summed E-state index contributed by atoms with van der Waals surface area (Å²) in [6.07, 6.45) is 3.31. The molecule has 0 aliphatic rings. The fourth-order valence-corrected chi connectivity index (χ4v) is 3.11. The van der Waals surface area contributed by atoms with Gasteiger partial charge in [-0.2, -0.15) is 0 Å². The first kappa shape index (κ1) is 17.6. The molecule has 0 aliphatic carbocycles. The van der Waals surface area contributed by atoms with Gasteiger partial charge in [-0.05, 0) is 44.2 Å². The number of thioether (sulfide) groups is 1. The first-order chi connectivity index (χ1) is 11.1. The third-order valence-electron chi connectivity index (χ3n) is 4.05. The highest BCUT2D eigenvalue weighted by Gasteiger charge is 2.11. The van der Waals surface area contributed by atoms with E-state index in [-0.39, 0.29) is 5.56 Å². The Labute approximate surface area is 142 Å². The first-order valence-electron chi connectivity index (χ1n) is 8.12. The smallest absolute Gasteiger partial charge is 0.255 e. The van der Waals surface area contributed by atoms with Gasteiger partial charge in [0.25, 0.3) is 5.56 Å². The van der Waals surface area contributed by atoms with Gasteiger partial charge in [-0.25, -0.2) is 4.98 Å². The molecule has 1 N–H and O–H groups in total. The van der Waals surface area contributed by atoms with E-state index in [4.69, 9.17) is 0 Å². The van der Waals surface area contributed by atoms with E-state index >= 15 is 0 Å². The molecule has 0 spiro atoms. The minimum atomic E-state index is -0.0194. The molecule has 2 aromatic rings. The van der Waals surface area contributed by atoms with Crippen LogP contribution >= 0.6 is 11.8 Å². The highest BCUT2D eigenvalue weighted by Crippen LogP contribution is 2.18. The zero-order valence-corrected chi connectivity index (χ0v) is 15.2. The summed E-state index contributed by atoms with van der Waals surface area (Å²) < 4.78 is 0. The fourth-order valence-electron chi connectivity index (χ4n) is 2.71. The van der Waals surface area contributed by atoms with Crippen molar-refractivity contribution in [2.45, 2.75) is 38.8 Å². The largest absolute Gasteiger partial charge is 0.372 e. The summed E-state index contributed by atoms with van der Waals surface area (Å²) in [5.74, 6) is 0. The second kappa shape index (κ2) is 8.20. The number of hydrogen-bond donors (Lipinski definition) is 1. The Balaban J connectivity index is 2.27. The van der Waals surface area contributed by atoms with Gasteiger partial charge in [-0.1, -0.05) is 30.8 Å². The number of anilines is 1. The molecule has 0 saturated heterocycles. The van der Waals surface area contributed by atoms with Crippen LogP contribution in [0.4, 0.5) is 5.69 Å². The average Bonchev–Trinajstić information content (AvgIpc) is 2.58. The number of nitrogens with one attached hydrogen (secondary N) is 1. The third kappa shape index (κ3) is 4.16. The topological polar surface area (TPSA) is 49.0 Å². The van der Waals surface area contributed by atoms with Crippen LogP contribution in [0.1, 0.15) is 37.6 Å². The Kier molecular flexibility index (Phi) is 6.28. The number of benzene rings is 1. The van der Waals surface area contributed by atoms with E-state index in [2.05, 4.69) is 53.0 Å². The van der Waals surface area contributed by atoms with E-state index < -0.39 is 0 Å². The predicted octanol–water partition coefficient (Wildman–Crippen LogP) is 3.49. The highest BCUT2D eigenvalue weighted by molar-refractivity contribution is 7.98. The maximum atomic E-state index is 12.3. The second-order valence-electron chi connectivity index (χ2n) is 5.37. The van der Waals surface area contributed by atoms with Crippen molar-refractivity contribution in [3.05, 3.63) is 51.4 Å². The molecule has 0 unspecified atom stereocenters. The van der Waals surface area contributed by atoms with Crippen molar-refractivity contribution < 1.29 is 0 Å². The minimum absolute atomic E-state index is 0.0194. The van der Waals surface area contributed by atoms with Crippen LogP contribution in [-0.2, 0) is 12.8 Å². The Morgan fingerprint density at radius 2 is 1.78 bits per heavy atom. The van der Waals surface area contributed by atoms with E-state index in [0.29, 0.717) is 11.6 Å². The molecule has 0 atom stereocenters. The van der Waals surface area contributed by atoms with Crippen molar-refractivity contribution in [2.24, 2.45) is 0 Å². The van der Waals surface area contributed by atoms with E-state index in [9.17, 15) is 4.79 Å². The van der Waals surface area contributed by atoms with E-state index in [1.807, 2.05) is 13.2 Å². The summed E-state index contributed by atoms with van der Waals surface area (Å²) in [5.41, 5.74) is 4.01. The fraction of sp³-hybridized carbons (Fsp3) is 0.444. The lowest BCUT2D eigenvalue weighted by Gasteiger charge is -2.21. The number of aryl methyl sites for hydroxylation is 1. The molecule has 1 aromatic carbocycles. The molecular formula is C18H25N3OS. The standard InChI is InChI=1S/C18H25N3OS/c1-5-16-15(17(22)20-18(19-16)23-4)12-13-8-10-14(11-9-13)21(6-2)7-3/h8-11H,5-7,12H2,1-4H3,(H,19,20,22). The summed E-state index contributed by atoms with van der Waals surface area (Å²) in [7, 11) is 0. The zero-order chi connectivity index (χ0) is 16.8. The summed E-state index contributed by atoms with van der Waals surface area (Å²) >= 11 is 1.47. The van der Waals surface area contributed by atoms with Crippen molar-refractivity contribution >= 4 is 17.4 Å². The maximum Gasteiger partial charge on any atom is 0.255 e. The number of hydrogen-bond acceptors (Lipinski definition) is 4. The summed E-state index contributed by atoms with van der Waals surface area (Å²) in [6, 6.07) is 8.47. The molecule has 23 heavy (non-hydrogen) atoms. The SMILES string of the molecule is CCc1nc(SC)[nH]c(=O)c1Cc1ccc(N(CC)CC)cc1. The lowest BCUT2D eigenvalue weighted by Crippen LogP contribution is -2.21. The van der Waals surface area contributed by atoms with Crippen LogP contribution in [0.5, 0.6) is 0 Å². The van der Waals surface area contributed by atoms with E-state index in [0.717, 1.165) is 36.3 Å². The van der Waals surface area contributed by atoms with Crippen molar-refractivity contribution in [1.29, 1.82) is 0 Å². The maximum absolute atomic E-state index is 12.3. The Morgan fingerprint density at radius 3 is 2.30 bits per heavy atom. The number of nitrogens with zero attached hydrogens (tertiary/aromatic N) is 2. The molecule has 1 heterocycles. The van der Waals surface area contributed by atoms with Crippen LogP contribution in [-0.4, -0.2) is 29.3 Å². The molecule has 0 saturated carbocycles. The molecule has 1 aromatic heterocycles. The predicted molar refractivity (Wildman–Crippen MR) is 98.8 cm³/mol. The van der Waals surface area contributed by atoms with Gasteiger partial charge in [0.1, 0.15) is 0 Å². The van der Waals surface area contributed by atoms with Gasteiger partial charge in [0.2, 0.25) is 0 Å². The van der Waals surface area contributed by atoms with Crippen LogP contribution < -0.4 is 10.5 Å². The lowest BCUT2D eigenvalue weighted by atomic mass is 10.0. The van der Waals surface area contributed by atoms with Crippen molar-refractivity contribution in [2.75, 3.05) is 24.2 Å². The normalized spacial score (nSPS) is 10.8. The van der Waals surface area contributed by atoms with Gasteiger partial charge < -0.3 is 9.88 Å². The average molecular weight is 331 g/mol. The molecule has 0 fully saturated rings. The molecule has 0 amide bonds. The second-order valence-corrected chi connectivity index (χ2v) is 6.16. The molecule has 2 rings (SSSR count). The molecule has 0 radical (unpaired) electrons. The van der Waals surface area contributed by atoms with Crippen molar-refractivity contribution in [3.8, 4) is 0 Å². The quantitative estimate of drug-likeness (QED) is 0.623. The summed E-state index contributed by atoms with van der Waals surface area (Å²) in [6.45, 7) is 8.34. The first-order valence-corrected chi connectivity index (χ1v) is 9.35. The minimum Gasteiger partial charge on any atom is -0.372 e. The van der Waals surface area contributed by atoms with Gasteiger partial charge in [0.15, 0.2) is 5.16 Å². The molecule has 4 nitrogen and oxygen atoms in total. The van der Waals surface area contributed by atoms with Gasteiger partial charge in [-0.3, -0.25) is 4.79 Å². The highest BCUT2D eigenvalue weighted by atomic mass is 32.2. The molecule has 5 heteroatoms. The number of H-pyrrole nitrogens is 1. The van der Waals surface area contributed by atoms with Gasteiger partial charge >= 0.3 is 0 Å².